The number of nitrogens with zero attached hydrogens (tertiary/aromatic N) is 1. The first-order valence-electron chi connectivity index (χ1n) is 6.73. The van der Waals surface area contributed by atoms with Crippen molar-refractivity contribution in [3.05, 3.63) is 41.7 Å². The van der Waals surface area contributed by atoms with Crippen molar-refractivity contribution in [3.63, 3.8) is 0 Å². The first-order chi connectivity index (χ1) is 9.88. The van der Waals surface area contributed by atoms with Crippen molar-refractivity contribution < 1.29 is 8.42 Å². The van der Waals surface area contributed by atoms with Gasteiger partial charge in [0.25, 0.3) is 10.0 Å². The predicted molar refractivity (Wildman–Crippen MR) is 82.6 cm³/mol. The lowest BCUT2D eigenvalue weighted by Crippen LogP contribution is -2.22. The number of benzene rings is 1. The molecule has 0 amide bonds. The molecule has 0 unspecified atom stereocenters. The maximum absolute atomic E-state index is 12.3. The van der Waals surface area contributed by atoms with E-state index < -0.39 is 10.0 Å². The van der Waals surface area contributed by atoms with Crippen LogP contribution >= 0.6 is 0 Å². The summed E-state index contributed by atoms with van der Waals surface area (Å²) >= 11 is 0. The standard InChI is InChI=1S/C14H20N4O2S/c1-10(2)15-7-12-6-14(5-4-11(12)3)21(19,20)18-13-8-16-17-9-13/h4-6,8-10,15,18H,7H2,1-3H3,(H,16,17). The van der Waals surface area contributed by atoms with Crippen molar-refractivity contribution in [3.8, 4) is 0 Å². The van der Waals surface area contributed by atoms with Gasteiger partial charge < -0.3 is 5.32 Å². The zero-order valence-corrected chi connectivity index (χ0v) is 13.2. The van der Waals surface area contributed by atoms with Gasteiger partial charge >= 0.3 is 0 Å². The average molecular weight is 308 g/mol. The van der Waals surface area contributed by atoms with Gasteiger partial charge in [0.05, 0.1) is 16.8 Å². The second-order valence-electron chi connectivity index (χ2n) is 5.22. The van der Waals surface area contributed by atoms with Crippen molar-refractivity contribution >= 4 is 15.7 Å². The van der Waals surface area contributed by atoms with Crippen molar-refractivity contribution in [2.75, 3.05) is 4.72 Å². The summed E-state index contributed by atoms with van der Waals surface area (Å²) in [5, 5.41) is 9.59. The smallest absolute Gasteiger partial charge is 0.262 e. The number of hydrogen-bond donors (Lipinski definition) is 3. The third-order valence-corrected chi connectivity index (χ3v) is 4.46. The van der Waals surface area contributed by atoms with Crippen LogP contribution in [-0.4, -0.2) is 24.7 Å². The molecule has 0 spiro atoms. The number of hydrogen-bond acceptors (Lipinski definition) is 4. The minimum absolute atomic E-state index is 0.245. The molecule has 0 aliphatic carbocycles. The van der Waals surface area contributed by atoms with Gasteiger partial charge in [0, 0.05) is 18.8 Å². The molecule has 1 aromatic carbocycles. The lowest BCUT2D eigenvalue weighted by Gasteiger charge is -2.13. The number of aryl methyl sites for hydroxylation is 1. The third kappa shape index (κ3) is 4.05. The fourth-order valence-corrected chi connectivity index (χ4v) is 2.92. The van der Waals surface area contributed by atoms with Crippen LogP contribution < -0.4 is 10.0 Å². The van der Waals surface area contributed by atoms with Crippen molar-refractivity contribution in [2.24, 2.45) is 0 Å². The molecule has 21 heavy (non-hydrogen) atoms. The summed E-state index contributed by atoms with van der Waals surface area (Å²) in [6.45, 7) is 6.71. The Bertz CT molecular complexity index is 694. The maximum Gasteiger partial charge on any atom is 0.262 e. The molecule has 2 rings (SSSR count). The summed E-state index contributed by atoms with van der Waals surface area (Å²) < 4.78 is 27.1. The molecule has 0 aliphatic heterocycles. The fraction of sp³-hybridized carbons (Fsp3) is 0.357. The van der Waals surface area contributed by atoms with E-state index in [9.17, 15) is 8.42 Å². The van der Waals surface area contributed by atoms with Crippen molar-refractivity contribution in [1.82, 2.24) is 15.5 Å². The SMILES string of the molecule is Cc1ccc(S(=O)(=O)Nc2cn[nH]c2)cc1CNC(C)C. The molecule has 3 N–H and O–H groups in total. The van der Waals surface area contributed by atoms with E-state index in [1.165, 1.54) is 12.4 Å². The Morgan fingerprint density at radius 1 is 1.33 bits per heavy atom. The molecule has 0 fully saturated rings. The van der Waals surface area contributed by atoms with E-state index in [2.05, 4.69) is 34.1 Å². The number of aromatic nitrogens is 2. The largest absolute Gasteiger partial charge is 0.310 e. The van der Waals surface area contributed by atoms with Crippen LogP contribution in [0.4, 0.5) is 5.69 Å². The summed E-state index contributed by atoms with van der Waals surface area (Å²) in [5.74, 6) is 0. The topological polar surface area (TPSA) is 86.9 Å². The van der Waals surface area contributed by atoms with Gasteiger partial charge in [0.1, 0.15) is 0 Å². The molecular weight excluding hydrogens is 288 g/mol. The van der Waals surface area contributed by atoms with Gasteiger partial charge in [-0.1, -0.05) is 19.9 Å². The molecule has 0 saturated carbocycles. The number of anilines is 1. The van der Waals surface area contributed by atoms with E-state index in [1.807, 2.05) is 13.0 Å². The fourth-order valence-electron chi connectivity index (χ4n) is 1.84. The van der Waals surface area contributed by atoms with Gasteiger partial charge in [-0.05, 0) is 30.2 Å². The number of rotatable bonds is 6. The second-order valence-corrected chi connectivity index (χ2v) is 6.90. The van der Waals surface area contributed by atoms with Crippen LogP contribution in [0.2, 0.25) is 0 Å². The first-order valence-corrected chi connectivity index (χ1v) is 8.21. The predicted octanol–water partition coefficient (Wildman–Crippen LogP) is 2.02. The van der Waals surface area contributed by atoms with Gasteiger partial charge in [0.2, 0.25) is 0 Å². The molecule has 1 aromatic heterocycles. The molecule has 0 atom stereocenters. The van der Waals surface area contributed by atoms with Crippen LogP contribution in [0.1, 0.15) is 25.0 Å². The molecule has 0 saturated heterocycles. The van der Waals surface area contributed by atoms with Crippen LogP contribution in [0.15, 0.2) is 35.5 Å². The van der Waals surface area contributed by atoms with Crippen LogP contribution in [0.5, 0.6) is 0 Å². The van der Waals surface area contributed by atoms with Crippen LogP contribution in [0.3, 0.4) is 0 Å². The molecule has 1 heterocycles. The molecule has 114 valence electrons. The van der Waals surface area contributed by atoms with E-state index in [0.29, 0.717) is 18.3 Å². The minimum atomic E-state index is -3.60. The second kappa shape index (κ2) is 6.28. The quantitative estimate of drug-likeness (QED) is 0.762. The maximum atomic E-state index is 12.3. The molecule has 0 bridgehead atoms. The Hall–Kier alpha value is -1.86. The Labute approximate surface area is 125 Å². The average Bonchev–Trinajstić information content (AvgIpc) is 2.89. The summed E-state index contributed by atoms with van der Waals surface area (Å²) in [6, 6.07) is 5.47. The monoisotopic (exact) mass is 308 g/mol. The molecular formula is C14H20N4O2S. The van der Waals surface area contributed by atoms with E-state index in [-0.39, 0.29) is 4.90 Å². The highest BCUT2D eigenvalue weighted by atomic mass is 32.2. The Balaban J connectivity index is 2.25. The number of sulfonamides is 1. The lowest BCUT2D eigenvalue weighted by molar-refractivity contribution is 0.585. The highest BCUT2D eigenvalue weighted by Crippen LogP contribution is 2.18. The van der Waals surface area contributed by atoms with E-state index >= 15 is 0 Å². The molecule has 6 nitrogen and oxygen atoms in total. The minimum Gasteiger partial charge on any atom is -0.310 e. The van der Waals surface area contributed by atoms with E-state index in [1.54, 1.807) is 12.1 Å². The van der Waals surface area contributed by atoms with Crippen LogP contribution in [0, 0.1) is 6.92 Å². The highest BCUT2D eigenvalue weighted by Gasteiger charge is 2.16. The first kappa shape index (κ1) is 15.5. The van der Waals surface area contributed by atoms with E-state index in [0.717, 1.165) is 11.1 Å². The Morgan fingerprint density at radius 3 is 2.71 bits per heavy atom. The van der Waals surface area contributed by atoms with Gasteiger partial charge in [-0.2, -0.15) is 5.10 Å². The van der Waals surface area contributed by atoms with Crippen LogP contribution in [0.25, 0.3) is 0 Å². The summed E-state index contributed by atoms with van der Waals surface area (Å²) in [5.41, 5.74) is 2.45. The molecule has 7 heteroatoms. The molecule has 0 aliphatic rings. The van der Waals surface area contributed by atoms with Crippen LogP contribution in [-0.2, 0) is 16.6 Å². The lowest BCUT2D eigenvalue weighted by atomic mass is 10.1. The van der Waals surface area contributed by atoms with Gasteiger partial charge in [-0.15, -0.1) is 0 Å². The van der Waals surface area contributed by atoms with E-state index in [4.69, 9.17) is 0 Å². The van der Waals surface area contributed by atoms with Gasteiger partial charge in [-0.25, -0.2) is 8.42 Å². The normalized spacial score (nSPS) is 11.8. The highest BCUT2D eigenvalue weighted by molar-refractivity contribution is 7.92. The Morgan fingerprint density at radius 2 is 2.10 bits per heavy atom. The summed E-state index contributed by atoms with van der Waals surface area (Å²) in [4.78, 5) is 0.245. The summed E-state index contributed by atoms with van der Waals surface area (Å²) in [7, 11) is -3.60. The molecule has 2 aromatic rings. The Kier molecular flexibility index (Phi) is 4.64. The van der Waals surface area contributed by atoms with Crippen molar-refractivity contribution in [2.45, 2.75) is 38.3 Å². The zero-order valence-electron chi connectivity index (χ0n) is 12.3. The molecule has 0 radical (unpaired) electrons. The zero-order chi connectivity index (χ0) is 15.5. The third-order valence-electron chi connectivity index (χ3n) is 3.08. The number of H-pyrrole nitrogens is 1. The number of aromatic amines is 1. The van der Waals surface area contributed by atoms with Crippen molar-refractivity contribution in [1.29, 1.82) is 0 Å². The summed E-state index contributed by atoms with van der Waals surface area (Å²) in [6.07, 6.45) is 2.92. The number of nitrogens with one attached hydrogen (secondary N) is 3. The van der Waals surface area contributed by atoms with Gasteiger partial charge in [0.15, 0.2) is 0 Å². The van der Waals surface area contributed by atoms with Gasteiger partial charge in [-0.3, -0.25) is 9.82 Å².